The fourth-order valence-electron chi connectivity index (χ4n) is 3.34. The summed E-state index contributed by atoms with van der Waals surface area (Å²) in [4.78, 5) is 2.54. The predicted octanol–water partition coefficient (Wildman–Crippen LogP) is 4.02. The first kappa shape index (κ1) is 14.0. The van der Waals surface area contributed by atoms with Crippen molar-refractivity contribution in [2.45, 2.75) is 32.7 Å². The molecular weight excluding hydrogens is 258 g/mol. The van der Waals surface area contributed by atoms with Crippen molar-refractivity contribution in [1.82, 2.24) is 0 Å². The molecule has 0 amide bonds. The summed E-state index contributed by atoms with van der Waals surface area (Å²) in [6, 6.07) is 16.8. The molecule has 0 fully saturated rings. The van der Waals surface area contributed by atoms with Crippen LogP contribution in [-0.4, -0.2) is 17.7 Å². The first-order chi connectivity index (χ1) is 10.1. The number of rotatable bonds is 3. The molecule has 110 valence electrons. The van der Waals surface area contributed by atoms with Crippen molar-refractivity contribution in [3.05, 3.63) is 59.7 Å². The van der Waals surface area contributed by atoms with Gasteiger partial charge in [-0.2, -0.15) is 0 Å². The van der Waals surface area contributed by atoms with Crippen LogP contribution in [0.5, 0.6) is 5.75 Å². The molecule has 3 rings (SSSR count). The second kappa shape index (κ2) is 5.80. The molecule has 1 aliphatic rings. The van der Waals surface area contributed by atoms with Crippen LogP contribution in [0.15, 0.2) is 48.5 Å². The number of hydrogen-bond donors (Lipinski definition) is 1. The molecule has 0 bridgehead atoms. The number of nitrogens with zero attached hydrogens (tertiary/aromatic N) is 1. The highest BCUT2D eigenvalue weighted by Crippen LogP contribution is 2.31. The fourth-order valence-corrected chi connectivity index (χ4v) is 3.34. The molecule has 0 aliphatic carbocycles. The van der Waals surface area contributed by atoms with Crippen molar-refractivity contribution in [2.75, 3.05) is 11.4 Å². The summed E-state index contributed by atoms with van der Waals surface area (Å²) in [7, 11) is 0. The Hall–Kier alpha value is -1.96. The van der Waals surface area contributed by atoms with Crippen molar-refractivity contribution >= 4 is 5.69 Å². The van der Waals surface area contributed by atoms with Crippen LogP contribution in [-0.2, 0) is 12.8 Å². The van der Waals surface area contributed by atoms with E-state index in [0.29, 0.717) is 17.7 Å². The molecule has 0 radical (unpaired) electrons. The highest BCUT2D eigenvalue weighted by Gasteiger charge is 2.24. The first-order valence-electron chi connectivity index (χ1n) is 7.76. The number of anilines is 1. The van der Waals surface area contributed by atoms with Crippen LogP contribution in [0.3, 0.4) is 0 Å². The van der Waals surface area contributed by atoms with E-state index in [1.807, 2.05) is 12.1 Å². The topological polar surface area (TPSA) is 23.5 Å². The molecule has 1 heterocycles. The number of aromatic hydroxyl groups is 1. The van der Waals surface area contributed by atoms with Crippen molar-refractivity contribution in [3.63, 3.8) is 0 Å². The van der Waals surface area contributed by atoms with Crippen LogP contribution in [0, 0.1) is 5.92 Å². The largest absolute Gasteiger partial charge is 0.508 e. The Morgan fingerprint density at radius 2 is 1.86 bits per heavy atom. The maximum atomic E-state index is 9.39. The van der Waals surface area contributed by atoms with E-state index in [1.165, 1.54) is 23.2 Å². The second-order valence-corrected chi connectivity index (χ2v) is 6.31. The molecule has 0 spiro atoms. The Morgan fingerprint density at radius 1 is 1.14 bits per heavy atom. The highest BCUT2D eigenvalue weighted by molar-refractivity contribution is 5.56. The standard InChI is InChI=1S/C19H23NO/c1-14-11-17-5-3-4-6-19(17)20(13-14)15(2)12-16-7-9-18(21)10-8-16/h3-10,14-15,21H,11-13H2,1-2H3. The molecule has 2 heteroatoms. The monoisotopic (exact) mass is 281 g/mol. The summed E-state index contributed by atoms with van der Waals surface area (Å²) in [6.45, 7) is 5.74. The molecule has 2 unspecified atom stereocenters. The molecule has 0 aromatic heterocycles. The zero-order valence-electron chi connectivity index (χ0n) is 12.8. The second-order valence-electron chi connectivity index (χ2n) is 6.31. The van der Waals surface area contributed by atoms with Gasteiger partial charge in [-0.05, 0) is 55.0 Å². The summed E-state index contributed by atoms with van der Waals surface area (Å²) in [5, 5.41) is 9.39. The third-order valence-electron chi connectivity index (χ3n) is 4.38. The zero-order chi connectivity index (χ0) is 14.8. The summed E-state index contributed by atoms with van der Waals surface area (Å²) < 4.78 is 0. The van der Waals surface area contributed by atoms with E-state index in [9.17, 15) is 5.11 Å². The van der Waals surface area contributed by atoms with Crippen LogP contribution in [0.25, 0.3) is 0 Å². The quantitative estimate of drug-likeness (QED) is 0.918. The van der Waals surface area contributed by atoms with E-state index >= 15 is 0 Å². The van der Waals surface area contributed by atoms with Gasteiger partial charge in [-0.15, -0.1) is 0 Å². The number of hydrogen-bond acceptors (Lipinski definition) is 2. The molecule has 1 N–H and O–H groups in total. The predicted molar refractivity (Wildman–Crippen MR) is 87.9 cm³/mol. The summed E-state index contributed by atoms with van der Waals surface area (Å²) in [6.07, 6.45) is 2.18. The van der Waals surface area contributed by atoms with Crippen LogP contribution >= 0.6 is 0 Å². The number of phenols is 1. The average molecular weight is 281 g/mol. The maximum Gasteiger partial charge on any atom is 0.115 e. The van der Waals surface area contributed by atoms with E-state index in [2.05, 4.69) is 43.0 Å². The molecular formula is C19H23NO. The first-order valence-corrected chi connectivity index (χ1v) is 7.76. The normalized spacial score (nSPS) is 19.1. The van der Waals surface area contributed by atoms with Gasteiger partial charge in [0, 0.05) is 18.3 Å². The summed E-state index contributed by atoms with van der Waals surface area (Å²) in [5.74, 6) is 1.03. The Labute approximate surface area is 127 Å². The van der Waals surface area contributed by atoms with Gasteiger partial charge in [-0.3, -0.25) is 0 Å². The molecule has 2 aromatic carbocycles. The van der Waals surface area contributed by atoms with E-state index < -0.39 is 0 Å². The van der Waals surface area contributed by atoms with Crippen molar-refractivity contribution in [1.29, 1.82) is 0 Å². The Balaban J connectivity index is 1.81. The Morgan fingerprint density at radius 3 is 2.62 bits per heavy atom. The average Bonchev–Trinajstić information content (AvgIpc) is 2.48. The van der Waals surface area contributed by atoms with Gasteiger partial charge in [0.05, 0.1) is 0 Å². The Bertz CT molecular complexity index is 605. The van der Waals surface area contributed by atoms with Gasteiger partial charge < -0.3 is 10.0 Å². The van der Waals surface area contributed by atoms with Crippen molar-refractivity contribution < 1.29 is 5.11 Å². The fraction of sp³-hybridized carbons (Fsp3) is 0.368. The van der Waals surface area contributed by atoms with Gasteiger partial charge in [-0.25, -0.2) is 0 Å². The van der Waals surface area contributed by atoms with Crippen LogP contribution in [0.4, 0.5) is 5.69 Å². The minimum atomic E-state index is 0.336. The van der Waals surface area contributed by atoms with Crippen LogP contribution in [0.1, 0.15) is 25.0 Å². The minimum absolute atomic E-state index is 0.336. The number of benzene rings is 2. The van der Waals surface area contributed by atoms with Gasteiger partial charge in [0.15, 0.2) is 0 Å². The lowest BCUT2D eigenvalue weighted by Gasteiger charge is -2.39. The number of fused-ring (bicyclic) bond motifs is 1. The molecule has 21 heavy (non-hydrogen) atoms. The summed E-state index contributed by atoms with van der Waals surface area (Å²) >= 11 is 0. The molecule has 0 saturated heterocycles. The highest BCUT2D eigenvalue weighted by atomic mass is 16.3. The molecule has 1 aliphatic heterocycles. The van der Waals surface area contributed by atoms with Gasteiger partial charge in [0.2, 0.25) is 0 Å². The zero-order valence-corrected chi connectivity index (χ0v) is 12.8. The molecule has 2 nitrogen and oxygen atoms in total. The number of para-hydroxylation sites is 1. The third-order valence-corrected chi connectivity index (χ3v) is 4.38. The maximum absolute atomic E-state index is 9.39. The smallest absolute Gasteiger partial charge is 0.115 e. The Kier molecular flexibility index (Phi) is 3.87. The van der Waals surface area contributed by atoms with Crippen LogP contribution < -0.4 is 4.90 Å². The van der Waals surface area contributed by atoms with Gasteiger partial charge in [0.1, 0.15) is 5.75 Å². The molecule has 2 atom stereocenters. The third kappa shape index (κ3) is 3.05. The lowest BCUT2D eigenvalue weighted by Crippen LogP contribution is -2.41. The van der Waals surface area contributed by atoms with E-state index in [4.69, 9.17) is 0 Å². The SMILES string of the molecule is CC1Cc2ccccc2N(C(C)Cc2ccc(O)cc2)C1. The minimum Gasteiger partial charge on any atom is -0.508 e. The van der Waals surface area contributed by atoms with Crippen molar-refractivity contribution in [2.24, 2.45) is 5.92 Å². The lowest BCUT2D eigenvalue weighted by atomic mass is 9.92. The number of phenolic OH excluding ortho intramolecular Hbond substituents is 1. The lowest BCUT2D eigenvalue weighted by molar-refractivity contribution is 0.474. The van der Waals surface area contributed by atoms with Gasteiger partial charge >= 0.3 is 0 Å². The summed E-state index contributed by atoms with van der Waals surface area (Å²) in [5.41, 5.74) is 4.13. The molecule has 2 aromatic rings. The van der Waals surface area contributed by atoms with Gasteiger partial charge in [-0.1, -0.05) is 37.3 Å². The van der Waals surface area contributed by atoms with E-state index in [-0.39, 0.29) is 0 Å². The van der Waals surface area contributed by atoms with E-state index in [0.717, 1.165) is 13.0 Å². The van der Waals surface area contributed by atoms with Gasteiger partial charge in [0.25, 0.3) is 0 Å². The van der Waals surface area contributed by atoms with Crippen LogP contribution in [0.2, 0.25) is 0 Å². The molecule has 0 saturated carbocycles. The van der Waals surface area contributed by atoms with E-state index in [1.54, 1.807) is 12.1 Å². The van der Waals surface area contributed by atoms with Crippen molar-refractivity contribution in [3.8, 4) is 5.75 Å².